The average Bonchev–Trinajstić information content (AvgIpc) is 3.01. The molecule has 2 rings (SSSR count). The van der Waals surface area contributed by atoms with Crippen molar-refractivity contribution in [3.05, 3.63) is 22.4 Å². The fraction of sp³-hybridized carbons (Fsp3) is 0.533. The first kappa shape index (κ1) is 16.5. The number of carbonyl (C=O) groups excluding carboxylic acids is 2. The molecule has 1 aliphatic carbocycles. The van der Waals surface area contributed by atoms with E-state index in [2.05, 4.69) is 5.32 Å². The monoisotopic (exact) mass is 324 g/mol. The van der Waals surface area contributed by atoms with Gasteiger partial charge in [-0.1, -0.05) is 25.3 Å². The second kappa shape index (κ2) is 6.91. The van der Waals surface area contributed by atoms with E-state index in [-0.39, 0.29) is 12.5 Å². The van der Waals surface area contributed by atoms with E-state index in [9.17, 15) is 19.5 Å². The van der Waals surface area contributed by atoms with E-state index in [0.29, 0.717) is 17.7 Å². The van der Waals surface area contributed by atoms with Crippen molar-refractivity contribution >= 4 is 29.1 Å². The Balaban J connectivity index is 1.96. The number of carbonyl (C=O) groups is 3. The fourth-order valence-electron chi connectivity index (χ4n) is 2.73. The summed E-state index contributed by atoms with van der Waals surface area (Å²) in [5.74, 6) is -1.66. The van der Waals surface area contributed by atoms with Crippen LogP contribution in [0.5, 0.6) is 0 Å². The average molecular weight is 324 g/mol. The normalized spacial score (nSPS) is 16.8. The highest BCUT2D eigenvalue weighted by Gasteiger charge is 2.41. The summed E-state index contributed by atoms with van der Waals surface area (Å²) in [5, 5.41) is 13.9. The predicted octanol–water partition coefficient (Wildman–Crippen LogP) is 1.72. The minimum absolute atomic E-state index is 0.147. The molecule has 0 bridgehead atoms. The van der Waals surface area contributed by atoms with Crippen LogP contribution < -0.4 is 5.32 Å². The topological polar surface area (TPSA) is 86.7 Å². The van der Waals surface area contributed by atoms with Gasteiger partial charge in [0.05, 0.1) is 11.4 Å². The smallest absolute Gasteiger partial charge is 0.329 e. The lowest BCUT2D eigenvalue weighted by Crippen LogP contribution is -2.57. The van der Waals surface area contributed by atoms with Crippen molar-refractivity contribution in [1.82, 2.24) is 10.2 Å². The van der Waals surface area contributed by atoms with Crippen LogP contribution in [0.2, 0.25) is 0 Å². The van der Waals surface area contributed by atoms with Gasteiger partial charge < -0.3 is 15.3 Å². The Bertz CT molecular complexity index is 550. The molecule has 0 radical (unpaired) electrons. The third kappa shape index (κ3) is 3.65. The predicted molar refractivity (Wildman–Crippen MR) is 82.9 cm³/mol. The van der Waals surface area contributed by atoms with Crippen molar-refractivity contribution in [2.45, 2.75) is 37.6 Å². The fourth-order valence-corrected chi connectivity index (χ4v) is 3.45. The van der Waals surface area contributed by atoms with Gasteiger partial charge in [-0.05, 0) is 24.3 Å². The molecule has 7 heteroatoms. The van der Waals surface area contributed by atoms with E-state index >= 15 is 0 Å². The van der Waals surface area contributed by atoms with Gasteiger partial charge in [-0.25, -0.2) is 4.79 Å². The minimum atomic E-state index is -1.18. The Kier molecular flexibility index (Phi) is 5.18. The van der Waals surface area contributed by atoms with Crippen molar-refractivity contribution in [3.8, 4) is 0 Å². The summed E-state index contributed by atoms with van der Waals surface area (Å²) < 4.78 is 0. The Labute approximate surface area is 133 Å². The molecule has 0 atom stereocenters. The highest BCUT2D eigenvalue weighted by atomic mass is 32.1. The molecule has 0 unspecified atom stereocenters. The van der Waals surface area contributed by atoms with E-state index in [1.165, 1.54) is 23.3 Å². The molecule has 0 spiro atoms. The molecule has 1 aromatic heterocycles. The first-order valence-electron chi connectivity index (χ1n) is 7.28. The Morgan fingerprint density at radius 2 is 2.00 bits per heavy atom. The van der Waals surface area contributed by atoms with Crippen molar-refractivity contribution in [2.75, 3.05) is 13.6 Å². The van der Waals surface area contributed by atoms with Crippen molar-refractivity contribution in [1.29, 1.82) is 0 Å². The number of thiophene rings is 1. The number of rotatable bonds is 5. The van der Waals surface area contributed by atoms with Gasteiger partial charge in [0.2, 0.25) is 5.91 Å². The number of aliphatic carboxylic acids is 1. The molecule has 22 heavy (non-hydrogen) atoms. The maximum absolute atomic E-state index is 12.1. The van der Waals surface area contributed by atoms with Gasteiger partial charge in [0.15, 0.2) is 0 Å². The van der Waals surface area contributed by atoms with Gasteiger partial charge in [-0.15, -0.1) is 11.3 Å². The van der Waals surface area contributed by atoms with Crippen LogP contribution in [0, 0.1) is 0 Å². The minimum Gasteiger partial charge on any atom is -0.480 e. The molecule has 1 aromatic rings. The molecule has 0 aliphatic heterocycles. The molecule has 6 nitrogen and oxygen atoms in total. The van der Waals surface area contributed by atoms with Crippen LogP contribution in [-0.2, 0) is 9.59 Å². The van der Waals surface area contributed by atoms with E-state index in [1.54, 1.807) is 17.5 Å². The Morgan fingerprint density at radius 3 is 2.55 bits per heavy atom. The second-order valence-electron chi connectivity index (χ2n) is 5.63. The van der Waals surface area contributed by atoms with E-state index in [0.717, 1.165) is 19.3 Å². The van der Waals surface area contributed by atoms with Crippen LogP contribution in [0.1, 0.15) is 41.8 Å². The molecule has 1 fully saturated rings. The number of carboxylic acids is 1. The first-order valence-corrected chi connectivity index (χ1v) is 8.16. The Hall–Kier alpha value is -1.89. The number of nitrogens with one attached hydrogen (secondary N) is 1. The molecular formula is C15H20N2O4S. The highest BCUT2D eigenvalue weighted by molar-refractivity contribution is 7.12. The molecule has 0 saturated heterocycles. The van der Waals surface area contributed by atoms with Gasteiger partial charge in [-0.3, -0.25) is 9.59 Å². The lowest BCUT2D eigenvalue weighted by Gasteiger charge is -2.34. The van der Waals surface area contributed by atoms with Gasteiger partial charge in [0, 0.05) is 7.05 Å². The molecule has 2 amide bonds. The van der Waals surface area contributed by atoms with Gasteiger partial charge in [0.1, 0.15) is 5.54 Å². The van der Waals surface area contributed by atoms with Crippen LogP contribution in [-0.4, -0.2) is 46.9 Å². The lowest BCUT2D eigenvalue weighted by atomic mass is 9.81. The molecule has 1 aliphatic rings. The maximum atomic E-state index is 12.1. The SMILES string of the molecule is CN(CC(=O)NC1(C(=O)O)CCCCC1)C(=O)c1cccs1. The van der Waals surface area contributed by atoms with Crippen molar-refractivity contribution in [3.63, 3.8) is 0 Å². The van der Waals surface area contributed by atoms with Crippen LogP contribution >= 0.6 is 11.3 Å². The third-order valence-corrected chi connectivity index (χ3v) is 4.81. The molecule has 120 valence electrons. The largest absolute Gasteiger partial charge is 0.480 e. The summed E-state index contributed by atoms with van der Waals surface area (Å²) in [7, 11) is 1.54. The van der Waals surface area contributed by atoms with Gasteiger partial charge in [0.25, 0.3) is 5.91 Å². The summed E-state index contributed by atoms with van der Waals surface area (Å²) in [4.78, 5) is 37.6. The zero-order valence-electron chi connectivity index (χ0n) is 12.5. The summed E-state index contributed by atoms with van der Waals surface area (Å²) in [6.07, 6.45) is 3.45. The summed E-state index contributed by atoms with van der Waals surface area (Å²) >= 11 is 1.31. The van der Waals surface area contributed by atoms with Crippen LogP contribution in [0.3, 0.4) is 0 Å². The molecule has 0 aromatic carbocycles. The van der Waals surface area contributed by atoms with Crippen LogP contribution in [0.4, 0.5) is 0 Å². The second-order valence-corrected chi connectivity index (χ2v) is 6.58. The number of hydrogen-bond donors (Lipinski definition) is 2. The standard InChI is InChI=1S/C15H20N2O4S/c1-17(13(19)11-6-5-9-22-11)10-12(18)16-15(14(20)21)7-3-2-4-8-15/h5-6,9H,2-4,7-8,10H2,1H3,(H,16,18)(H,20,21). The maximum Gasteiger partial charge on any atom is 0.329 e. The van der Waals surface area contributed by atoms with Crippen molar-refractivity contribution < 1.29 is 19.5 Å². The number of carboxylic acid groups (broad SMARTS) is 1. The van der Waals surface area contributed by atoms with E-state index < -0.39 is 17.4 Å². The summed E-state index contributed by atoms with van der Waals surface area (Å²) in [6, 6.07) is 3.47. The van der Waals surface area contributed by atoms with E-state index in [1.807, 2.05) is 0 Å². The molecular weight excluding hydrogens is 304 g/mol. The zero-order valence-corrected chi connectivity index (χ0v) is 13.3. The summed E-state index contributed by atoms with van der Waals surface area (Å²) in [5.41, 5.74) is -1.18. The Morgan fingerprint density at radius 1 is 1.32 bits per heavy atom. The van der Waals surface area contributed by atoms with Crippen LogP contribution in [0.25, 0.3) is 0 Å². The highest BCUT2D eigenvalue weighted by Crippen LogP contribution is 2.28. The van der Waals surface area contributed by atoms with Gasteiger partial charge in [-0.2, -0.15) is 0 Å². The number of amides is 2. The van der Waals surface area contributed by atoms with Crippen molar-refractivity contribution in [2.24, 2.45) is 0 Å². The molecule has 2 N–H and O–H groups in total. The third-order valence-electron chi connectivity index (χ3n) is 3.95. The number of hydrogen-bond acceptors (Lipinski definition) is 4. The summed E-state index contributed by atoms with van der Waals surface area (Å²) in [6.45, 7) is -0.147. The number of nitrogens with zero attached hydrogens (tertiary/aromatic N) is 1. The van der Waals surface area contributed by atoms with Gasteiger partial charge >= 0.3 is 5.97 Å². The lowest BCUT2D eigenvalue weighted by molar-refractivity contribution is -0.149. The van der Waals surface area contributed by atoms with Crippen LogP contribution in [0.15, 0.2) is 17.5 Å². The zero-order chi connectivity index (χ0) is 16.2. The first-order chi connectivity index (χ1) is 10.4. The molecule has 1 saturated carbocycles. The quantitative estimate of drug-likeness (QED) is 0.863. The number of likely N-dealkylation sites (N-methyl/N-ethyl adjacent to an activating group) is 1. The van der Waals surface area contributed by atoms with E-state index in [4.69, 9.17) is 0 Å². The molecule has 1 heterocycles.